The average Bonchev–Trinajstić information content (AvgIpc) is 2.98. The Bertz CT molecular complexity index is 612. The molecule has 3 heterocycles. The number of aromatic nitrogens is 4. The van der Waals surface area contributed by atoms with Crippen LogP contribution in [0.4, 0.5) is 5.95 Å². The molecule has 0 aromatic carbocycles. The van der Waals surface area contributed by atoms with E-state index in [0.29, 0.717) is 0 Å². The average molecular weight is 286 g/mol. The Morgan fingerprint density at radius 2 is 2.05 bits per heavy atom. The van der Waals surface area contributed by atoms with Gasteiger partial charge in [-0.3, -0.25) is 5.10 Å². The van der Waals surface area contributed by atoms with Crippen LogP contribution in [0.2, 0.25) is 0 Å². The maximum absolute atomic E-state index is 5.85. The van der Waals surface area contributed by atoms with Crippen molar-refractivity contribution in [1.82, 2.24) is 20.2 Å². The highest BCUT2D eigenvalue weighted by molar-refractivity contribution is 5.51. The van der Waals surface area contributed by atoms with Gasteiger partial charge in [0.2, 0.25) is 5.95 Å². The second kappa shape index (κ2) is 5.44. The van der Waals surface area contributed by atoms with Gasteiger partial charge in [0.15, 0.2) is 5.82 Å². The van der Waals surface area contributed by atoms with Crippen molar-refractivity contribution in [3.63, 3.8) is 0 Å². The molecule has 0 aliphatic carbocycles. The van der Waals surface area contributed by atoms with Gasteiger partial charge in [0, 0.05) is 18.8 Å². The molecule has 6 nitrogen and oxygen atoms in total. The molecule has 2 aromatic heterocycles. The van der Waals surface area contributed by atoms with Gasteiger partial charge in [-0.25, -0.2) is 4.98 Å². The first kappa shape index (κ1) is 14.0. The number of aryl methyl sites for hydroxylation is 1. The molecule has 6 heteroatoms. The largest absolute Gasteiger partial charge is 0.339 e. The predicted octanol–water partition coefficient (Wildman–Crippen LogP) is 1.74. The van der Waals surface area contributed by atoms with Gasteiger partial charge in [-0.05, 0) is 43.9 Å². The summed E-state index contributed by atoms with van der Waals surface area (Å²) >= 11 is 0. The molecule has 112 valence electrons. The van der Waals surface area contributed by atoms with E-state index in [4.69, 9.17) is 5.73 Å². The van der Waals surface area contributed by atoms with E-state index in [1.807, 2.05) is 25.1 Å². The summed E-state index contributed by atoms with van der Waals surface area (Å²) in [7, 11) is 0. The fourth-order valence-electron chi connectivity index (χ4n) is 2.63. The van der Waals surface area contributed by atoms with Gasteiger partial charge in [0.1, 0.15) is 5.69 Å². The van der Waals surface area contributed by atoms with Gasteiger partial charge in [-0.1, -0.05) is 13.0 Å². The predicted molar refractivity (Wildman–Crippen MR) is 83.0 cm³/mol. The van der Waals surface area contributed by atoms with Crippen molar-refractivity contribution < 1.29 is 0 Å². The van der Waals surface area contributed by atoms with E-state index in [0.717, 1.165) is 55.6 Å². The number of nitrogens with one attached hydrogen (secondary N) is 1. The number of hydrogen-bond donors (Lipinski definition) is 2. The summed E-state index contributed by atoms with van der Waals surface area (Å²) in [6.07, 6.45) is 2.16. The smallest absolute Gasteiger partial charge is 0.245 e. The topological polar surface area (TPSA) is 83.7 Å². The Hall–Kier alpha value is -1.95. The summed E-state index contributed by atoms with van der Waals surface area (Å²) < 4.78 is 0. The van der Waals surface area contributed by atoms with Gasteiger partial charge >= 0.3 is 0 Å². The molecule has 0 unspecified atom stereocenters. The lowest BCUT2D eigenvalue weighted by Crippen LogP contribution is -2.42. The molecule has 21 heavy (non-hydrogen) atoms. The molecule has 0 radical (unpaired) electrons. The van der Waals surface area contributed by atoms with E-state index in [9.17, 15) is 0 Å². The molecule has 0 spiro atoms. The standard InChI is InChI=1S/C15H22N6/c1-11-4-3-5-12(17-11)13-18-14(20-19-13)21-8-6-15(2,10-16)7-9-21/h3-5H,6-10,16H2,1-2H3,(H,18,19,20). The third-order valence-corrected chi connectivity index (χ3v) is 4.35. The summed E-state index contributed by atoms with van der Waals surface area (Å²) in [4.78, 5) is 11.3. The SMILES string of the molecule is Cc1cccc(-c2nc(N3CCC(C)(CN)CC3)n[nH]2)n1. The van der Waals surface area contributed by atoms with Crippen molar-refractivity contribution in [2.45, 2.75) is 26.7 Å². The molecule has 1 aliphatic heterocycles. The minimum Gasteiger partial charge on any atom is -0.339 e. The molecule has 3 rings (SSSR count). The van der Waals surface area contributed by atoms with E-state index in [1.165, 1.54) is 0 Å². The minimum absolute atomic E-state index is 0.258. The van der Waals surface area contributed by atoms with Crippen molar-refractivity contribution in [3.8, 4) is 11.5 Å². The molecule has 0 bridgehead atoms. The Labute approximate surface area is 124 Å². The van der Waals surface area contributed by atoms with Crippen molar-refractivity contribution in [2.75, 3.05) is 24.5 Å². The number of piperidine rings is 1. The van der Waals surface area contributed by atoms with Crippen molar-refractivity contribution in [1.29, 1.82) is 0 Å². The maximum Gasteiger partial charge on any atom is 0.245 e. The highest BCUT2D eigenvalue weighted by atomic mass is 15.4. The third-order valence-electron chi connectivity index (χ3n) is 4.35. The van der Waals surface area contributed by atoms with Crippen LogP contribution in [0.15, 0.2) is 18.2 Å². The first-order chi connectivity index (χ1) is 10.1. The van der Waals surface area contributed by atoms with Crippen molar-refractivity contribution >= 4 is 5.95 Å². The Morgan fingerprint density at radius 3 is 2.71 bits per heavy atom. The number of aromatic amines is 1. The fraction of sp³-hybridized carbons (Fsp3) is 0.533. The van der Waals surface area contributed by atoms with Crippen LogP contribution < -0.4 is 10.6 Å². The first-order valence-electron chi connectivity index (χ1n) is 7.41. The molecule has 2 aromatic rings. The molecular formula is C15H22N6. The Kier molecular flexibility index (Phi) is 3.63. The number of nitrogens with zero attached hydrogens (tertiary/aromatic N) is 4. The summed E-state index contributed by atoms with van der Waals surface area (Å²) in [5, 5.41) is 7.33. The van der Waals surface area contributed by atoms with Crippen LogP contribution in [0.5, 0.6) is 0 Å². The summed E-state index contributed by atoms with van der Waals surface area (Å²) in [5.41, 5.74) is 7.91. The van der Waals surface area contributed by atoms with Crippen LogP contribution in [0.3, 0.4) is 0 Å². The zero-order chi connectivity index (χ0) is 14.9. The lowest BCUT2D eigenvalue weighted by Gasteiger charge is -2.38. The number of pyridine rings is 1. The van der Waals surface area contributed by atoms with Gasteiger partial charge < -0.3 is 10.6 Å². The summed E-state index contributed by atoms with van der Waals surface area (Å²) in [6.45, 7) is 6.87. The molecule has 1 aliphatic rings. The number of H-pyrrole nitrogens is 1. The molecule has 1 saturated heterocycles. The quantitative estimate of drug-likeness (QED) is 0.898. The van der Waals surface area contributed by atoms with E-state index >= 15 is 0 Å². The summed E-state index contributed by atoms with van der Waals surface area (Å²) in [6, 6.07) is 5.89. The second-order valence-electron chi connectivity index (χ2n) is 6.15. The molecule has 1 fully saturated rings. The highest BCUT2D eigenvalue weighted by Crippen LogP contribution is 2.31. The Balaban J connectivity index is 1.74. The lowest BCUT2D eigenvalue weighted by atomic mass is 9.81. The van der Waals surface area contributed by atoms with Crippen molar-refractivity contribution in [2.24, 2.45) is 11.1 Å². The monoisotopic (exact) mass is 286 g/mol. The normalized spacial score (nSPS) is 18.0. The van der Waals surface area contributed by atoms with Crippen LogP contribution in [0.25, 0.3) is 11.5 Å². The van der Waals surface area contributed by atoms with Gasteiger partial charge in [0.25, 0.3) is 0 Å². The minimum atomic E-state index is 0.258. The number of anilines is 1. The van der Waals surface area contributed by atoms with Crippen LogP contribution in [-0.2, 0) is 0 Å². The van der Waals surface area contributed by atoms with E-state index < -0.39 is 0 Å². The molecule has 0 atom stereocenters. The number of hydrogen-bond acceptors (Lipinski definition) is 5. The van der Waals surface area contributed by atoms with Gasteiger partial charge in [0.05, 0.1) is 0 Å². The summed E-state index contributed by atoms with van der Waals surface area (Å²) in [5.74, 6) is 1.48. The highest BCUT2D eigenvalue weighted by Gasteiger charge is 2.30. The number of nitrogens with two attached hydrogens (primary N) is 1. The van der Waals surface area contributed by atoms with Gasteiger partial charge in [-0.2, -0.15) is 4.98 Å². The zero-order valence-corrected chi connectivity index (χ0v) is 12.6. The fourth-order valence-corrected chi connectivity index (χ4v) is 2.63. The van der Waals surface area contributed by atoms with E-state index in [1.54, 1.807) is 0 Å². The Morgan fingerprint density at radius 1 is 1.29 bits per heavy atom. The first-order valence-corrected chi connectivity index (χ1v) is 7.41. The number of rotatable bonds is 3. The van der Waals surface area contributed by atoms with Gasteiger partial charge in [-0.15, -0.1) is 5.10 Å². The molecule has 3 N–H and O–H groups in total. The maximum atomic E-state index is 5.85. The van der Waals surface area contributed by atoms with E-state index in [-0.39, 0.29) is 5.41 Å². The zero-order valence-electron chi connectivity index (χ0n) is 12.6. The molecular weight excluding hydrogens is 264 g/mol. The second-order valence-corrected chi connectivity index (χ2v) is 6.15. The van der Waals surface area contributed by atoms with Crippen LogP contribution in [0, 0.1) is 12.3 Å². The molecule has 0 saturated carbocycles. The van der Waals surface area contributed by atoms with Crippen LogP contribution >= 0.6 is 0 Å². The van der Waals surface area contributed by atoms with Crippen LogP contribution in [0.1, 0.15) is 25.5 Å². The van der Waals surface area contributed by atoms with Crippen LogP contribution in [-0.4, -0.2) is 39.8 Å². The van der Waals surface area contributed by atoms with E-state index in [2.05, 4.69) is 32.0 Å². The lowest BCUT2D eigenvalue weighted by molar-refractivity contribution is 0.257. The van der Waals surface area contributed by atoms with Crippen molar-refractivity contribution in [3.05, 3.63) is 23.9 Å². The third kappa shape index (κ3) is 2.90. The molecule has 0 amide bonds.